The lowest BCUT2D eigenvalue weighted by Crippen LogP contribution is -2.00. The molecule has 2 aromatic rings. The summed E-state index contributed by atoms with van der Waals surface area (Å²) in [6.07, 6.45) is 0. The lowest BCUT2D eigenvalue weighted by atomic mass is 10.2. The van der Waals surface area contributed by atoms with E-state index in [-0.39, 0.29) is 12.4 Å². The topological polar surface area (TPSA) is 9.23 Å². The Hall–Kier alpha value is -0.580. The van der Waals surface area contributed by atoms with Crippen LogP contribution in [0, 0.1) is 5.82 Å². The molecular formula is C14H10Br2ClFO. The Labute approximate surface area is 133 Å². The van der Waals surface area contributed by atoms with Crippen LogP contribution in [0.3, 0.4) is 0 Å². The van der Waals surface area contributed by atoms with E-state index >= 15 is 0 Å². The molecule has 0 bridgehead atoms. The highest BCUT2D eigenvalue weighted by molar-refractivity contribution is 9.10. The fraction of sp³-hybridized carbons (Fsp3) is 0.143. The van der Waals surface area contributed by atoms with Crippen molar-refractivity contribution >= 4 is 43.5 Å². The van der Waals surface area contributed by atoms with Gasteiger partial charge in [-0.3, -0.25) is 0 Å². The van der Waals surface area contributed by atoms with E-state index in [9.17, 15) is 4.39 Å². The summed E-state index contributed by atoms with van der Waals surface area (Å²) in [6, 6.07) is 10.3. The van der Waals surface area contributed by atoms with Gasteiger partial charge in [0.05, 0.1) is 9.50 Å². The molecule has 2 aromatic carbocycles. The van der Waals surface area contributed by atoms with Crippen LogP contribution in [0.1, 0.15) is 11.1 Å². The summed E-state index contributed by atoms with van der Waals surface area (Å²) in [6.45, 7) is 0.0950. The summed E-state index contributed by atoms with van der Waals surface area (Å²) in [5.74, 6) is 0.296. The number of rotatable bonds is 4. The lowest BCUT2D eigenvalue weighted by Gasteiger charge is -2.11. The van der Waals surface area contributed by atoms with Gasteiger partial charge in [-0.2, -0.15) is 0 Å². The van der Waals surface area contributed by atoms with Crippen LogP contribution in [0.4, 0.5) is 4.39 Å². The second-order valence-corrected chi connectivity index (χ2v) is 5.71. The number of hydrogen-bond acceptors (Lipinski definition) is 1. The van der Waals surface area contributed by atoms with Crippen LogP contribution in [-0.2, 0) is 11.9 Å². The van der Waals surface area contributed by atoms with Crippen molar-refractivity contribution in [1.29, 1.82) is 0 Å². The van der Waals surface area contributed by atoms with E-state index in [1.54, 1.807) is 12.1 Å². The first kappa shape index (κ1) is 14.8. The third-order valence-electron chi connectivity index (χ3n) is 2.58. The number of benzene rings is 2. The molecule has 0 fully saturated rings. The number of alkyl halides is 1. The van der Waals surface area contributed by atoms with E-state index < -0.39 is 0 Å². The monoisotopic (exact) mass is 406 g/mol. The number of hydrogen-bond donors (Lipinski definition) is 0. The number of ether oxygens (including phenoxy) is 1. The molecule has 1 nitrogen and oxygen atoms in total. The molecule has 5 heteroatoms. The van der Waals surface area contributed by atoms with Crippen LogP contribution in [0.5, 0.6) is 5.75 Å². The standard InChI is InChI=1S/C14H10Br2ClFO/c15-7-9-4-5-14(11(16)6-9)19-8-10-12(17)2-1-3-13(10)18/h1-6H,7-8H2. The zero-order valence-electron chi connectivity index (χ0n) is 9.80. The Kier molecular flexibility index (Phi) is 5.25. The molecule has 0 spiro atoms. The van der Waals surface area contributed by atoms with Gasteiger partial charge in [-0.05, 0) is 45.8 Å². The second-order valence-electron chi connectivity index (χ2n) is 3.89. The van der Waals surface area contributed by atoms with Gasteiger partial charge in [-0.25, -0.2) is 4.39 Å². The Morgan fingerprint density at radius 2 is 2.00 bits per heavy atom. The summed E-state index contributed by atoms with van der Waals surface area (Å²) >= 11 is 12.8. The van der Waals surface area contributed by atoms with Gasteiger partial charge < -0.3 is 4.74 Å². The molecule has 0 unspecified atom stereocenters. The molecule has 2 rings (SSSR count). The Morgan fingerprint density at radius 1 is 1.21 bits per heavy atom. The van der Waals surface area contributed by atoms with Gasteiger partial charge in [0.2, 0.25) is 0 Å². The normalized spacial score (nSPS) is 10.5. The van der Waals surface area contributed by atoms with Crippen LogP contribution in [-0.4, -0.2) is 0 Å². The number of halogens is 4. The van der Waals surface area contributed by atoms with E-state index in [0.717, 1.165) is 15.4 Å². The molecule has 0 saturated heterocycles. The van der Waals surface area contributed by atoms with E-state index in [4.69, 9.17) is 16.3 Å². The third kappa shape index (κ3) is 3.71. The Morgan fingerprint density at radius 3 is 2.63 bits per heavy atom. The van der Waals surface area contributed by atoms with Gasteiger partial charge in [0.25, 0.3) is 0 Å². The smallest absolute Gasteiger partial charge is 0.134 e. The van der Waals surface area contributed by atoms with Gasteiger partial charge in [0.1, 0.15) is 18.2 Å². The van der Waals surface area contributed by atoms with Gasteiger partial charge in [0.15, 0.2) is 0 Å². The largest absolute Gasteiger partial charge is 0.488 e. The predicted molar refractivity (Wildman–Crippen MR) is 82.5 cm³/mol. The maximum absolute atomic E-state index is 13.6. The summed E-state index contributed by atoms with van der Waals surface area (Å²) < 4.78 is 20.0. The molecule has 0 atom stereocenters. The molecule has 100 valence electrons. The van der Waals surface area contributed by atoms with Crippen molar-refractivity contribution in [1.82, 2.24) is 0 Å². The summed E-state index contributed by atoms with van der Waals surface area (Å²) in [5, 5.41) is 1.14. The zero-order valence-corrected chi connectivity index (χ0v) is 13.7. The van der Waals surface area contributed by atoms with E-state index in [1.807, 2.05) is 18.2 Å². The SMILES string of the molecule is Fc1cccc(Cl)c1COc1ccc(CBr)cc1Br. The van der Waals surface area contributed by atoms with Crippen molar-refractivity contribution in [3.63, 3.8) is 0 Å². The fourth-order valence-corrected chi connectivity index (χ4v) is 2.67. The second kappa shape index (κ2) is 6.73. The predicted octanol–water partition coefficient (Wildman–Crippen LogP) is 5.72. The molecule has 0 amide bonds. The molecule has 0 N–H and O–H groups in total. The molecular weight excluding hydrogens is 398 g/mol. The van der Waals surface area contributed by atoms with E-state index in [1.165, 1.54) is 6.07 Å². The quantitative estimate of drug-likeness (QED) is 0.589. The maximum Gasteiger partial charge on any atom is 0.134 e. The van der Waals surface area contributed by atoms with Gasteiger partial charge in [0, 0.05) is 10.9 Å². The van der Waals surface area contributed by atoms with Crippen LogP contribution in [0.25, 0.3) is 0 Å². The minimum absolute atomic E-state index is 0.0950. The average Bonchev–Trinajstić information content (AvgIpc) is 2.39. The average molecular weight is 408 g/mol. The highest BCUT2D eigenvalue weighted by atomic mass is 79.9. The summed E-state index contributed by atoms with van der Waals surface area (Å²) in [7, 11) is 0. The van der Waals surface area contributed by atoms with Crippen LogP contribution in [0.2, 0.25) is 5.02 Å². The first-order valence-electron chi connectivity index (χ1n) is 5.52. The molecule has 0 aliphatic carbocycles. The molecule has 0 aromatic heterocycles. The highest BCUT2D eigenvalue weighted by Crippen LogP contribution is 2.29. The minimum Gasteiger partial charge on any atom is -0.488 e. The molecule has 0 saturated carbocycles. The lowest BCUT2D eigenvalue weighted by molar-refractivity contribution is 0.298. The van der Waals surface area contributed by atoms with E-state index in [0.29, 0.717) is 16.3 Å². The van der Waals surface area contributed by atoms with Crippen LogP contribution >= 0.6 is 43.5 Å². The Bertz CT molecular complexity index is 569. The zero-order chi connectivity index (χ0) is 13.8. The van der Waals surface area contributed by atoms with Crippen molar-refractivity contribution in [3.8, 4) is 5.75 Å². The molecule has 0 aliphatic heterocycles. The third-order valence-corrected chi connectivity index (χ3v) is 4.21. The Balaban J connectivity index is 2.15. The fourth-order valence-electron chi connectivity index (χ4n) is 1.56. The van der Waals surface area contributed by atoms with Crippen molar-refractivity contribution in [2.75, 3.05) is 0 Å². The van der Waals surface area contributed by atoms with Crippen LogP contribution in [0.15, 0.2) is 40.9 Å². The first-order chi connectivity index (χ1) is 9.11. The first-order valence-corrected chi connectivity index (χ1v) is 7.81. The minimum atomic E-state index is -0.360. The summed E-state index contributed by atoms with van der Waals surface area (Å²) in [5.41, 5.74) is 1.49. The van der Waals surface area contributed by atoms with Crippen molar-refractivity contribution in [3.05, 3.63) is 62.8 Å². The molecule has 0 aliphatic rings. The van der Waals surface area contributed by atoms with Crippen molar-refractivity contribution in [2.45, 2.75) is 11.9 Å². The molecule has 0 radical (unpaired) electrons. The van der Waals surface area contributed by atoms with Crippen molar-refractivity contribution in [2.24, 2.45) is 0 Å². The summed E-state index contributed by atoms with van der Waals surface area (Å²) in [4.78, 5) is 0. The van der Waals surface area contributed by atoms with Crippen molar-refractivity contribution < 1.29 is 9.13 Å². The highest BCUT2D eigenvalue weighted by Gasteiger charge is 2.09. The van der Waals surface area contributed by atoms with Crippen LogP contribution < -0.4 is 4.74 Å². The molecule has 0 heterocycles. The van der Waals surface area contributed by atoms with Gasteiger partial charge in [-0.15, -0.1) is 0 Å². The van der Waals surface area contributed by atoms with Gasteiger partial charge in [-0.1, -0.05) is 39.7 Å². The molecule has 19 heavy (non-hydrogen) atoms. The maximum atomic E-state index is 13.6. The van der Waals surface area contributed by atoms with E-state index in [2.05, 4.69) is 31.9 Å². The van der Waals surface area contributed by atoms with Gasteiger partial charge >= 0.3 is 0 Å².